The zero-order valence-electron chi connectivity index (χ0n) is 8.49. The minimum atomic E-state index is 0.643. The van der Waals surface area contributed by atoms with Crippen molar-refractivity contribution in [3.63, 3.8) is 0 Å². The second kappa shape index (κ2) is 5.75. The molecule has 1 rings (SSSR count). The number of rotatable bonds is 6. The Morgan fingerprint density at radius 2 is 2.23 bits per heavy atom. The molecule has 13 heavy (non-hydrogen) atoms. The highest BCUT2D eigenvalue weighted by Crippen LogP contribution is 1.99. The van der Waals surface area contributed by atoms with Gasteiger partial charge in [0.2, 0.25) is 0 Å². The van der Waals surface area contributed by atoms with Gasteiger partial charge in [-0.15, -0.1) is 0 Å². The number of hydrogen-bond donors (Lipinski definition) is 0. The molecule has 74 valence electrons. The third-order valence-corrected chi connectivity index (χ3v) is 1.75. The number of ether oxygens (including phenoxy) is 1. The normalized spacial score (nSPS) is 10.6. The number of nitrogens with zero attached hydrogens (tertiary/aromatic N) is 2. The lowest BCUT2D eigenvalue weighted by atomic mass is 10.4. The van der Waals surface area contributed by atoms with E-state index in [1.807, 2.05) is 16.9 Å². The van der Waals surface area contributed by atoms with Gasteiger partial charge in [-0.05, 0) is 18.9 Å². The molecule has 0 aromatic carbocycles. The van der Waals surface area contributed by atoms with Crippen LogP contribution in [-0.2, 0) is 17.9 Å². The van der Waals surface area contributed by atoms with Gasteiger partial charge in [-0.3, -0.25) is 4.68 Å². The minimum Gasteiger partial charge on any atom is -0.375 e. The van der Waals surface area contributed by atoms with Gasteiger partial charge in [-0.25, -0.2) is 0 Å². The SMILES string of the molecule is CCCOCc1ccn(CCC)n1. The lowest BCUT2D eigenvalue weighted by molar-refractivity contribution is 0.118. The Hall–Kier alpha value is -0.830. The van der Waals surface area contributed by atoms with Crippen LogP contribution in [0.3, 0.4) is 0 Å². The highest BCUT2D eigenvalue weighted by atomic mass is 16.5. The van der Waals surface area contributed by atoms with Crippen molar-refractivity contribution in [1.29, 1.82) is 0 Å². The lowest BCUT2D eigenvalue weighted by Gasteiger charge is -1.99. The second-order valence-corrected chi connectivity index (χ2v) is 3.12. The van der Waals surface area contributed by atoms with E-state index >= 15 is 0 Å². The standard InChI is InChI=1S/C10H18N2O/c1-3-6-12-7-5-10(11-12)9-13-8-4-2/h5,7H,3-4,6,8-9H2,1-2H3. The Bertz CT molecular complexity index is 233. The van der Waals surface area contributed by atoms with Crippen molar-refractivity contribution in [3.8, 4) is 0 Å². The van der Waals surface area contributed by atoms with E-state index in [0.29, 0.717) is 6.61 Å². The molecule has 0 aliphatic carbocycles. The van der Waals surface area contributed by atoms with Crippen molar-refractivity contribution in [2.45, 2.75) is 39.8 Å². The van der Waals surface area contributed by atoms with Crippen LogP contribution in [-0.4, -0.2) is 16.4 Å². The molecule has 0 spiro atoms. The van der Waals surface area contributed by atoms with Crippen LogP contribution in [0.25, 0.3) is 0 Å². The predicted molar refractivity (Wildman–Crippen MR) is 52.5 cm³/mol. The summed E-state index contributed by atoms with van der Waals surface area (Å²) in [7, 11) is 0. The molecular formula is C10H18N2O. The first-order valence-electron chi connectivity index (χ1n) is 4.97. The van der Waals surface area contributed by atoms with Crippen LogP contribution in [0.1, 0.15) is 32.4 Å². The molecule has 3 heteroatoms. The molecule has 1 aromatic rings. The molecule has 0 saturated carbocycles. The van der Waals surface area contributed by atoms with E-state index in [1.54, 1.807) is 0 Å². The van der Waals surface area contributed by atoms with Gasteiger partial charge in [0.15, 0.2) is 0 Å². The van der Waals surface area contributed by atoms with Gasteiger partial charge in [-0.1, -0.05) is 13.8 Å². The molecule has 0 fully saturated rings. The summed E-state index contributed by atoms with van der Waals surface area (Å²) < 4.78 is 7.35. The summed E-state index contributed by atoms with van der Waals surface area (Å²) >= 11 is 0. The molecule has 0 aliphatic heterocycles. The topological polar surface area (TPSA) is 27.1 Å². The van der Waals surface area contributed by atoms with Crippen LogP contribution in [0, 0.1) is 0 Å². The average Bonchev–Trinajstić information content (AvgIpc) is 2.54. The van der Waals surface area contributed by atoms with Gasteiger partial charge in [0.25, 0.3) is 0 Å². The molecular weight excluding hydrogens is 164 g/mol. The van der Waals surface area contributed by atoms with Crippen LogP contribution >= 0.6 is 0 Å². The van der Waals surface area contributed by atoms with E-state index in [1.165, 1.54) is 0 Å². The predicted octanol–water partition coefficient (Wildman–Crippen LogP) is 2.22. The highest BCUT2D eigenvalue weighted by molar-refractivity contribution is 4.96. The van der Waals surface area contributed by atoms with Gasteiger partial charge in [0.05, 0.1) is 12.3 Å². The lowest BCUT2D eigenvalue weighted by Crippen LogP contribution is -2.00. The maximum Gasteiger partial charge on any atom is 0.0906 e. The fraction of sp³-hybridized carbons (Fsp3) is 0.700. The summed E-state index contributed by atoms with van der Waals surface area (Å²) in [6.45, 7) is 6.71. The quantitative estimate of drug-likeness (QED) is 0.631. The summed E-state index contributed by atoms with van der Waals surface area (Å²) in [4.78, 5) is 0. The highest BCUT2D eigenvalue weighted by Gasteiger charge is 1.97. The largest absolute Gasteiger partial charge is 0.375 e. The second-order valence-electron chi connectivity index (χ2n) is 3.12. The molecule has 0 aliphatic rings. The first kappa shape index (κ1) is 10.3. The first-order valence-corrected chi connectivity index (χ1v) is 4.97. The van der Waals surface area contributed by atoms with E-state index in [4.69, 9.17) is 4.74 Å². The van der Waals surface area contributed by atoms with Crippen molar-refractivity contribution in [1.82, 2.24) is 9.78 Å². The molecule has 1 aromatic heterocycles. The van der Waals surface area contributed by atoms with Crippen molar-refractivity contribution in [3.05, 3.63) is 18.0 Å². The molecule has 0 unspecified atom stereocenters. The summed E-state index contributed by atoms with van der Waals surface area (Å²) in [5, 5.41) is 4.36. The van der Waals surface area contributed by atoms with E-state index in [9.17, 15) is 0 Å². The van der Waals surface area contributed by atoms with Crippen LogP contribution in [0.4, 0.5) is 0 Å². The van der Waals surface area contributed by atoms with E-state index < -0.39 is 0 Å². The molecule has 0 bridgehead atoms. The van der Waals surface area contributed by atoms with E-state index in [2.05, 4.69) is 18.9 Å². The number of aromatic nitrogens is 2. The van der Waals surface area contributed by atoms with Crippen LogP contribution in [0.2, 0.25) is 0 Å². The average molecular weight is 182 g/mol. The van der Waals surface area contributed by atoms with E-state index in [-0.39, 0.29) is 0 Å². The maximum absolute atomic E-state index is 5.38. The Labute approximate surface area is 79.7 Å². The monoisotopic (exact) mass is 182 g/mol. The summed E-state index contributed by atoms with van der Waals surface area (Å²) in [5.74, 6) is 0. The van der Waals surface area contributed by atoms with Gasteiger partial charge in [0, 0.05) is 19.3 Å². The third-order valence-electron chi connectivity index (χ3n) is 1.75. The maximum atomic E-state index is 5.38. The Kier molecular flexibility index (Phi) is 4.54. The Morgan fingerprint density at radius 3 is 2.92 bits per heavy atom. The molecule has 0 radical (unpaired) electrons. The summed E-state index contributed by atoms with van der Waals surface area (Å²) in [6.07, 6.45) is 4.20. The van der Waals surface area contributed by atoms with Gasteiger partial charge < -0.3 is 4.74 Å². The first-order chi connectivity index (χ1) is 6.36. The fourth-order valence-corrected chi connectivity index (χ4v) is 1.16. The van der Waals surface area contributed by atoms with Gasteiger partial charge >= 0.3 is 0 Å². The van der Waals surface area contributed by atoms with E-state index in [0.717, 1.165) is 31.7 Å². The summed E-state index contributed by atoms with van der Waals surface area (Å²) in [5.41, 5.74) is 1.03. The van der Waals surface area contributed by atoms with Crippen molar-refractivity contribution >= 4 is 0 Å². The van der Waals surface area contributed by atoms with Crippen molar-refractivity contribution < 1.29 is 4.74 Å². The number of hydrogen-bond acceptors (Lipinski definition) is 2. The van der Waals surface area contributed by atoms with Gasteiger partial charge in [-0.2, -0.15) is 5.10 Å². The Morgan fingerprint density at radius 1 is 1.38 bits per heavy atom. The van der Waals surface area contributed by atoms with Crippen molar-refractivity contribution in [2.24, 2.45) is 0 Å². The smallest absolute Gasteiger partial charge is 0.0906 e. The zero-order valence-corrected chi connectivity index (χ0v) is 8.49. The van der Waals surface area contributed by atoms with Crippen molar-refractivity contribution in [2.75, 3.05) is 6.61 Å². The molecule has 0 N–H and O–H groups in total. The molecule has 3 nitrogen and oxygen atoms in total. The van der Waals surface area contributed by atoms with Crippen LogP contribution < -0.4 is 0 Å². The molecule has 0 saturated heterocycles. The number of aryl methyl sites for hydroxylation is 1. The Balaban J connectivity index is 2.31. The van der Waals surface area contributed by atoms with Crippen LogP contribution in [0.15, 0.2) is 12.3 Å². The fourth-order valence-electron chi connectivity index (χ4n) is 1.16. The molecule has 0 amide bonds. The minimum absolute atomic E-state index is 0.643. The van der Waals surface area contributed by atoms with Crippen LogP contribution in [0.5, 0.6) is 0 Å². The summed E-state index contributed by atoms with van der Waals surface area (Å²) in [6, 6.07) is 2.02. The molecule has 1 heterocycles. The van der Waals surface area contributed by atoms with Gasteiger partial charge in [0.1, 0.15) is 0 Å². The molecule has 0 atom stereocenters. The zero-order chi connectivity index (χ0) is 9.52. The third kappa shape index (κ3) is 3.59.